The number of benzene rings is 1. The van der Waals surface area contributed by atoms with Gasteiger partial charge in [-0.1, -0.05) is 6.07 Å². The van der Waals surface area contributed by atoms with Crippen LogP contribution in [0.1, 0.15) is 23.1 Å². The third kappa shape index (κ3) is 2.37. The van der Waals surface area contributed by atoms with Crippen molar-refractivity contribution in [2.24, 2.45) is 0 Å². The standard InChI is InChI=1S/C11H12F2O/c1-8-5-9(3-2-4-14)6-11(13)10(8)7-12/h4-6H,2-3,7H2,1H3. The molecule has 0 heterocycles. The number of rotatable bonds is 4. The third-order valence-electron chi connectivity index (χ3n) is 2.16. The van der Waals surface area contributed by atoms with Crippen molar-refractivity contribution in [1.29, 1.82) is 0 Å². The molecule has 0 saturated heterocycles. The fourth-order valence-corrected chi connectivity index (χ4v) is 1.38. The van der Waals surface area contributed by atoms with E-state index in [1.54, 1.807) is 13.0 Å². The van der Waals surface area contributed by atoms with Crippen molar-refractivity contribution in [3.05, 3.63) is 34.6 Å². The fourth-order valence-electron chi connectivity index (χ4n) is 1.38. The van der Waals surface area contributed by atoms with Crippen LogP contribution < -0.4 is 0 Å². The molecule has 0 saturated carbocycles. The molecule has 0 radical (unpaired) electrons. The van der Waals surface area contributed by atoms with Crippen molar-refractivity contribution in [2.45, 2.75) is 26.4 Å². The Morgan fingerprint density at radius 1 is 1.43 bits per heavy atom. The summed E-state index contributed by atoms with van der Waals surface area (Å²) in [6, 6.07) is 3.02. The maximum atomic E-state index is 13.2. The van der Waals surface area contributed by atoms with Crippen molar-refractivity contribution >= 4 is 6.29 Å². The number of halogens is 2. The molecule has 0 atom stereocenters. The minimum absolute atomic E-state index is 0.111. The van der Waals surface area contributed by atoms with Crippen LogP contribution >= 0.6 is 0 Å². The summed E-state index contributed by atoms with van der Waals surface area (Å²) < 4.78 is 25.5. The van der Waals surface area contributed by atoms with Crippen molar-refractivity contribution in [1.82, 2.24) is 0 Å². The van der Waals surface area contributed by atoms with E-state index in [1.807, 2.05) is 0 Å². The van der Waals surface area contributed by atoms with Gasteiger partial charge in [0.05, 0.1) is 0 Å². The van der Waals surface area contributed by atoms with Gasteiger partial charge < -0.3 is 4.79 Å². The molecule has 0 aromatic heterocycles. The minimum atomic E-state index is -0.786. The number of carbonyl (C=O) groups excluding carboxylic acids is 1. The average Bonchev–Trinajstić information content (AvgIpc) is 2.14. The second-order valence-electron chi connectivity index (χ2n) is 3.21. The monoisotopic (exact) mass is 198 g/mol. The minimum Gasteiger partial charge on any atom is -0.303 e. The van der Waals surface area contributed by atoms with E-state index in [9.17, 15) is 13.6 Å². The second kappa shape index (κ2) is 4.84. The summed E-state index contributed by atoms with van der Waals surface area (Å²) in [5.74, 6) is -0.520. The Hall–Kier alpha value is -1.25. The lowest BCUT2D eigenvalue weighted by Crippen LogP contribution is -1.96. The van der Waals surface area contributed by atoms with Crippen LogP contribution in [-0.4, -0.2) is 6.29 Å². The first-order valence-corrected chi connectivity index (χ1v) is 4.46. The number of aryl methyl sites for hydroxylation is 2. The molecular weight excluding hydrogens is 186 g/mol. The first-order valence-electron chi connectivity index (χ1n) is 4.46. The Labute approximate surface area is 81.7 Å². The molecule has 0 bridgehead atoms. The van der Waals surface area contributed by atoms with Gasteiger partial charge in [0.25, 0.3) is 0 Å². The Morgan fingerprint density at radius 3 is 2.64 bits per heavy atom. The topological polar surface area (TPSA) is 17.1 Å². The zero-order valence-electron chi connectivity index (χ0n) is 8.02. The Bertz CT molecular complexity index is 311. The van der Waals surface area contributed by atoms with Gasteiger partial charge in [-0.3, -0.25) is 0 Å². The Morgan fingerprint density at radius 2 is 2.14 bits per heavy atom. The first kappa shape index (κ1) is 10.8. The maximum Gasteiger partial charge on any atom is 0.129 e. The molecule has 0 spiro atoms. The molecule has 1 nitrogen and oxygen atoms in total. The van der Waals surface area contributed by atoms with Crippen LogP contribution in [0.2, 0.25) is 0 Å². The fraction of sp³-hybridized carbons (Fsp3) is 0.364. The van der Waals surface area contributed by atoms with Crippen molar-refractivity contribution < 1.29 is 13.6 Å². The largest absolute Gasteiger partial charge is 0.303 e. The highest BCUT2D eigenvalue weighted by molar-refractivity contribution is 5.50. The van der Waals surface area contributed by atoms with Gasteiger partial charge in [0.15, 0.2) is 0 Å². The molecule has 0 aliphatic rings. The van der Waals surface area contributed by atoms with Gasteiger partial charge in [0.1, 0.15) is 18.8 Å². The van der Waals surface area contributed by atoms with Gasteiger partial charge >= 0.3 is 0 Å². The molecule has 3 heteroatoms. The van der Waals surface area contributed by atoms with Crippen LogP contribution in [0.25, 0.3) is 0 Å². The lowest BCUT2D eigenvalue weighted by Gasteiger charge is -2.06. The lowest BCUT2D eigenvalue weighted by molar-refractivity contribution is -0.107. The molecule has 0 unspecified atom stereocenters. The highest BCUT2D eigenvalue weighted by Crippen LogP contribution is 2.17. The van der Waals surface area contributed by atoms with Gasteiger partial charge in [0.2, 0.25) is 0 Å². The molecule has 14 heavy (non-hydrogen) atoms. The molecule has 0 amide bonds. The molecule has 1 rings (SSSR count). The predicted octanol–water partition coefficient (Wildman–Crippen LogP) is 2.74. The van der Waals surface area contributed by atoms with Gasteiger partial charge in [-0.05, 0) is 30.5 Å². The normalized spacial score (nSPS) is 10.2. The van der Waals surface area contributed by atoms with Crippen LogP contribution in [-0.2, 0) is 17.9 Å². The average molecular weight is 198 g/mol. The Balaban J connectivity index is 2.95. The number of hydrogen-bond donors (Lipinski definition) is 0. The molecule has 1 aromatic rings. The van der Waals surface area contributed by atoms with E-state index in [2.05, 4.69) is 0 Å². The van der Waals surface area contributed by atoms with E-state index < -0.39 is 12.5 Å². The molecule has 0 N–H and O–H groups in total. The summed E-state index contributed by atoms with van der Waals surface area (Å²) >= 11 is 0. The Kier molecular flexibility index (Phi) is 3.74. The number of carbonyl (C=O) groups is 1. The molecular formula is C11H12F2O. The van der Waals surface area contributed by atoms with E-state index >= 15 is 0 Å². The summed E-state index contributed by atoms with van der Waals surface area (Å²) in [5, 5.41) is 0. The van der Waals surface area contributed by atoms with E-state index in [-0.39, 0.29) is 5.56 Å². The highest BCUT2D eigenvalue weighted by atomic mass is 19.1. The lowest BCUT2D eigenvalue weighted by atomic mass is 10.0. The van der Waals surface area contributed by atoms with Gasteiger partial charge in [-0.25, -0.2) is 8.78 Å². The van der Waals surface area contributed by atoms with E-state index in [1.165, 1.54) is 6.07 Å². The molecule has 0 aliphatic heterocycles. The maximum absolute atomic E-state index is 13.2. The van der Waals surface area contributed by atoms with Crippen LogP contribution in [0.3, 0.4) is 0 Å². The molecule has 1 aromatic carbocycles. The van der Waals surface area contributed by atoms with E-state index in [4.69, 9.17) is 0 Å². The molecule has 0 fully saturated rings. The van der Waals surface area contributed by atoms with Gasteiger partial charge in [0, 0.05) is 12.0 Å². The first-order chi connectivity index (χ1) is 6.69. The van der Waals surface area contributed by atoms with Crippen molar-refractivity contribution in [2.75, 3.05) is 0 Å². The second-order valence-corrected chi connectivity index (χ2v) is 3.21. The number of aldehydes is 1. The van der Waals surface area contributed by atoms with Gasteiger partial charge in [-0.15, -0.1) is 0 Å². The SMILES string of the molecule is Cc1cc(CCC=O)cc(F)c1CF. The molecule has 76 valence electrons. The number of hydrogen-bond acceptors (Lipinski definition) is 1. The van der Waals surface area contributed by atoms with E-state index in [0.29, 0.717) is 18.4 Å². The summed E-state index contributed by atoms with van der Waals surface area (Å²) in [6.07, 6.45) is 1.66. The van der Waals surface area contributed by atoms with Crippen LogP contribution in [0.4, 0.5) is 8.78 Å². The van der Waals surface area contributed by atoms with Crippen LogP contribution in [0, 0.1) is 12.7 Å². The predicted molar refractivity (Wildman–Crippen MR) is 50.3 cm³/mol. The van der Waals surface area contributed by atoms with Gasteiger partial charge in [-0.2, -0.15) is 0 Å². The smallest absolute Gasteiger partial charge is 0.129 e. The van der Waals surface area contributed by atoms with Crippen LogP contribution in [0.15, 0.2) is 12.1 Å². The van der Waals surface area contributed by atoms with Crippen LogP contribution in [0.5, 0.6) is 0 Å². The number of alkyl halides is 1. The summed E-state index contributed by atoms with van der Waals surface area (Å²) in [4.78, 5) is 10.1. The highest BCUT2D eigenvalue weighted by Gasteiger charge is 2.07. The summed E-state index contributed by atoms with van der Waals surface area (Å²) in [5.41, 5.74) is 1.46. The quantitative estimate of drug-likeness (QED) is 0.680. The zero-order valence-corrected chi connectivity index (χ0v) is 8.02. The summed E-state index contributed by atoms with van der Waals surface area (Å²) in [7, 11) is 0. The van der Waals surface area contributed by atoms with E-state index in [0.717, 1.165) is 11.8 Å². The summed E-state index contributed by atoms with van der Waals surface area (Å²) in [6.45, 7) is 0.883. The molecule has 0 aliphatic carbocycles. The van der Waals surface area contributed by atoms with Crippen molar-refractivity contribution in [3.8, 4) is 0 Å². The third-order valence-corrected chi connectivity index (χ3v) is 2.16. The zero-order chi connectivity index (χ0) is 10.6. The van der Waals surface area contributed by atoms with Crippen molar-refractivity contribution in [3.63, 3.8) is 0 Å².